The Bertz CT molecular complexity index is 1200. The molecular weight excluding hydrogens is 407 g/mol. The van der Waals surface area contributed by atoms with E-state index in [9.17, 15) is 9.18 Å². The van der Waals surface area contributed by atoms with Crippen molar-refractivity contribution in [2.75, 3.05) is 11.1 Å². The van der Waals surface area contributed by atoms with Crippen LogP contribution in [-0.4, -0.2) is 36.8 Å². The van der Waals surface area contributed by atoms with Crippen molar-refractivity contribution in [1.82, 2.24) is 25.1 Å². The number of nitrogens with zero attached hydrogens (tertiary/aromatic N) is 5. The maximum atomic E-state index is 13.4. The highest BCUT2D eigenvalue weighted by Gasteiger charge is 2.19. The third kappa shape index (κ3) is 4.04. The number of hydrogen-bond donors (Lipinski definition) is 1. The van der Waals surface area contributed by atoms with E-state index in [1.807, 2.05) is 13.8 Å². The van der Waals surface area contributed by atoms with E-state index < -0.39 is 0 Å². The zero-order valence-corrected chi connectivity index (χ0v) is 17.4. The number of carbonyl (C=O) groups excluding carboxylic acids is 1. The fourth-order valence-corrected chi connectivity index (χ4v) is 3.75. The summed E-state index contributed by atoms with van der Waals surface area (Å²) < 4.78 is 20.0. The summed E-state index contributed by atoms with van der Waals surface area (Å²) in [5.74, 6) is 0.643. The number of benzene rings is 1. The van der Waals surface area contributed by atoms with Gasteiger partial charge < -0.3 is 9.84 Å². The van der Waals surface area contributed by atoms with Crippen molar-refractivity contribution in [3.05, 3.63) is 53.8 Å². The second-order valence-corrected chi connectivity index (χ2v) is 7.96. The van der Waals surface area contributed by atoms with Gasteiger partial charge in [0.1, 0.15) is 22.1 Å². The molecule has 10 heteroatoms. The number of halogens is 1. The molecular formula is C20H19FN6O2S. The first-order chi connectivity index (χ1) is 14.4. The van der Waals surface area contributed by atoms with Crippen LogP contribution < -0.4 is 5.32 Å². The van der Waals surface area contributed by atoms with Crippen molar-refractivity contribution in [2.24, 2.45) is 0 Å². The molecule has 1 amide bonds. The summed E-state index contributed by atoms with van der Waals surface area (Å²) in [6, 6.07) is 7.68. The Balaban J connectivity index is 1.66. The lowest BCUT2D eigenvalue weighted by Crippen LogP contribution is -2.14. The zero-order valence-electron chi connectivity index (χ0n) is 16.6. The second kappa shape index (κ2) is 8.23. The number of rotatable bonds is 6. The van der Waals surface area contributed by atoms with E-state index in [2.05, 4.69) is 25.8 Å². The molecule has 0 fully saturated rings. The largest absolute Gasteiger partial charge is 0.360 e. The van der Waals surface area contributed by atoms with Crippen molar-refractivity contribution in [3.8, 4) is 5.69 Å². The number of carbonyl (C=O) groups is 1. The summed E-state index contributed by atoms with van der Waals surface area (Å²) in [5.41, 5.74) is 2.24. The van der Waals surface area contributed by atoms with Gasteiger partial charge in [-0.1, -0.05) is 30.8 Å². The van der Waals surface area contributed by atoms with Crippen molar-refractivity contribution in [1.29, 1.82) is 0 Å². The van der Waals surface area contributed by atoms with Gasteiger partial charge in [-0.25, -0.2) is 9.07 Å². The molecule has 0 atom stereocenters. The van der Waals surface area contributed by atoms with Gasteiger partial charge >= 0.3 is 0 Å². The molecule has 0 spiro atoms. The van der Waals surface area contributed by atoms with E-state index in [4.69, 9.17) is 4.52 Å². The quantitative estimate of drug-likeness (QED) is 0.463. The highest BCUT2D eigenvalue weighted by molar-refractivity contribution is 8.00. The van der Waals surface area contributed by atoms with Crippen molar-refractivity contribution in [2.45, 2.75) is 31.7 Å². The monoisotopic (exact) mass is 426 g/mol. The van der Waals surface area contributed by atoms with Gasteiger partial charge in [0.15, 0.2) is 5.82 Å². The number of thioether (sulfide) groups is 1. The molecule has 0 bridgehead atoms. The van der Waals surface area contributed by atoms with Crippen LogP contribution >= 0.6 is 11.8 Å². The first-order valence-electron chi connectivity index (χ1n) is 9.28. The summed E-state index contributed by atoms with van der Waals surface area (Å²) in [6.07, 6.45) is 1.73. The molecule has 1 aromatic carbocycles. The third-order valence-corrected chi connectivity index (χ3v) is 5.30. The molecule has 30 heavy (non-hydrogen) atoms. The number of fused-ring (bicyclic) bond motifs is 1. The highest BCUT2D eigenvalue weighted by atomic mass is 32.2. The Morgan fingerprint density at radius 1 is 1.27 bits per heavy atom. The lowest BCUT2D eigenvalue weighted by atomic mass is 10.1. The molecule has 3 aromatic heterocycles. The number of nitrogens with one attached hydrogen (secondary N) is 1. The molecule has 4 aromatic rings. The maximum Gasteiger partial charge on any atom is 0.236 e. The number of anilines is 1. The molecule has 0 saturated carbocycles. The summed E-state index contributed by atoms with van der Waals surface area (Å²) in [4.78, 5) is 12.3. The Labute approximate surface area is 175 Å². The van der Waals surface area contributed by atoms with Gasteiger partial charge in [0.05, 0.1) is 23.3 Å². The predicted octanol–water partition coefficient (Wildman–Crippen LogP) is 4.11. The van der Waals surface area contributed by atoms with Crippen LogP contribution in [0.25, 0.3) is 16.6 Å². The van der Waals surface area contributed by atoms with Crippen LogP contribution in [0.4, 0.5) is 10.2 Å². The standard InChI is InChI=1S/C20H19FN6O2S/c1-11(2)18-15-9-22-27(14-6-4-13(21)5-7-14)19(15)20(25-24-18)30-10-17(28)23-16-8-12(3)29-26-16/h4-9,11H,10H2,1-3H3,(H,23,26,28). The zero-order chi connectivity index (χ0) is 21.3. The fourth-order valence-electron chi connectivity index (χ4n) is 2.98. The Morgan fingerprint density at radius 3 is 2.70 bits per heavy atom. The summed E-state index contributed by atoms with van der Waals surface area (Å²) in [6.45, 7) is 5.80. The van der Waals surface area contributed by atoms with Crippen molar-refractivity contribution < 1.29 is 13.7 Å². The molecule has 8 nitrogen and oxygen atoms in total. The van der Waals surface area contributed by atoms with Gasteiger partial charge in [0, 0.05) is 11.5 Å². The molecule has 0 aliphatic rings. The lowest BCUT2D eigenvalue weighted by Gasteiger charge is -2.10. The molecule has 0 aliphatic heterocycles. The van der Waals surface area contributed by atoms with Gasteiger partial charge in [-0.3, -0.25) is 4.79 Å². The summed E-state index contributed by atoms with van der Waals surface area (Å²) in [7, 11) is 0. The van der Waals surface area contributed by atoms with Gasteiger partial charge in [-0.2, -0.15) is 10.2 Å². The van der Waals surface area contributed by atoms with Crippen molar-refractivity contribution >= 4 is 34.4 Å². The predicted molar refractivity (Wildman–Crippen MR) is 111 cm³/mol. The molecule has 0 aliphatic carbocycles. The van der Waals surface area contributed by atoms with Crippen LogP contribution in [0, 0.1) is 12.7 Å². The van der Waals surface area contributed by atoms with Crippen LogP contribution in [0.2, 0.25) is 0 Å². The van der Waals surface area contributed by atoms with Gasteiger partial charge in [-0.15, -0.1) is 5.10 Å². The van der Waals surface area contributed by atoms with E-state index in [0.29, 0.717) is 22.3 Å². The highest BCUT2D eigenvalue weighted by Crippen LogP contribution is 2.31. The van der Waals surface area contributed by atoms with Gasteiger partial charge in [-0.05, 0) is 37.1 Å². The first kappa shape index (κ1) is 20.0. The minimum atomic E-state index is -0.327. The van der Waals surface area contributed by atoms with Crippen LogP contribution in [-0.2, 0) is 4.79 Å². The average molecular weight is 426 g/mol. The lowest BCUT2D eigenvalue weighted by molar-refractivity contribution is -0.113. The number of hydrogen-bond acceptors (Lipinski definition) is 7. The molecule has 3 heterocycles. The fraction of sp³-hybridized carbons (Fsp3) is 0.250. The van der Waals surface area contributed by atoms with Gasteiger partial charge in [0.2, 0.25) is 5.91 Å². The van der Waals surface area contributed by atoms with Crippen LogP contribution in [0.5, 0.6) is 0 Å². The maximum absolute atomic E-state index is 13.4. The van der Waals surface area contributed by atoms with E-state index in [1.165, 1.54) is 23.9 Å². The molecule has 0 unspecified atom stereocenters. The number of aromatic nitrogens is 5. The normalized spacial score (nSPS) is 11.4. The molecule has 154 valence electrons. The molecule has 0 radical (unpaired) electrons. The Kier molecular flexibility index (Phi) is 5.49. The van der Waals surface area contributed by atoms with Crippen molar-refractivity contribution in [3.63, 3.8) is 0 Å². The number of amides is 1. The molecule has 1 N–H and O–H groups in total. The third-order valence-electron chi connectivity index (χ3n) is 4.35. The summed E-state index contributed by atoms with van der Waals surface area (Å²) in [5, 5.41) is 21.0. The van der Waals surface area contributed by atoms with Crippen LogP contribution in [0.3, 0.4) is 0 Å². The van der Waals surface area contributed by atoms with Crippen LogP contribution in [0.1, 0.15) is 31.2 Å². The molecule has 0 saturated heterocycles. The van der Waals surface area contributed by atoms with E-state index in [0.717, 1.165) is 16.6 Å². The Hall–Kier alpha value is -3.27. The Morgan fingerprint density at radius 2 is 2.03 bits per heavy atom. The average Bonchev–Trinajstić information content (AvgIpc) is 3.33. The van der Waals surface area contributed by atoms with E-state index in [1.54, 1.807) is 36.0 Å². The van der Waals surface area contributed by atoms with Crippen LogP contribution in [0.15, 0.2) is 46.1 Å². The topological polar surface area (TPSA) is 98.7 Å². The second-order valence-electron chi connectivity index (χ2n) is 7.00. The number of aryl methyl sites for hydroxylation is 1. The van der Waals surface area contributed by atoms with Gasteiger partial charge in [0.25, 0.3) is 0 Å². The SMILES string of the molecule is Cc1cc(NC(=O)CSc2nnc(C(C)C)c3cnn(-c4ccc(F)cc4)c23)no1. The van der Waals surface area contributed by atoms with E-state index in [-0.39, 0.29) is 23.4 Å². The van der Waals surface area contributed by atoms with E-state index >= 15 is 0 Å². The summed E-state index contributed by atoms with van der Waals surface area (Å²) >= 11 is 1.24. The first-order valence-corrected chi connectivity index (χ1v) is 10.3. The minimum Gasteiger partial charge on any atom is -0.360 e. The minimum absolute atomic E-state index is 0.102. The smallest absolute Gasteiger partial charge is 0.236 e. The molecule has 4 rings (SSSR count).